The summed E-state index contributed by atoms with van der Waals surface area (Å²) in [7, 11) is 0. The van der Waals surface area contributed by atoms with E-state index in [0.717, 1.165) is 29.7 Å². The number of hydrogen-bond acceptors (Lipinski definition) is 4. The number of carbonyl (C=O) groups is 1. The summed E-state index contributed by atoms with van der Waals surface area (Å²) in [6, 6.07) is 7.43. The Labute approximate surface area is 159 Å². The molecule has 1 saturated carbocycles. The molecule has 0 unspecified atom stereocenters. The molecule has 1 fully saturated rings. The molecule has 4 rings (SSSR count). The third-order valence-electron chi connectivity index (χ3n) is 5.07. The van der Waals surface area contributed by atoms with Crippen LogP contribution < -0.4 is 0 Å². The largest absolute Gasteiger partial charge is 0.294 e. The van der Waals surface area contributed by atoms with Gasteiger partial charge in [0.05, 0.1) is 11.4 Å². The number of aromatic nitrogens is 3. The van der Waals surface area contributed by atoms with E-state index in [1.165, 1.54) is 4.68 Å². The summed E-state index contributed by atoms with van der Waals surface area (Å²) in [6.07, 6.45) is 4.73. The Morgan fingerprint density at radius 3 is 2.44 bits per heavy atom. The average molecular weight is 368 g/mol. The second-order valence-corrected chi connectivity index (χ2v) is 6.99. The van der Waals surface area contributed by atoms with Gasteiger partial charge in [-0.3, -0.25) is 4.79 Å². The zero-order valence-electron chi connectivity index (χ0n) is 16.3. The van der Waals surface area contributed by atoms with Crippen molar-refractivity contribution < 1.29 is 9.18 Å². The summed E-state index contributed by atoms with van der Waals surface area (Å²) < 4.78 is 15.5. The van der Waals surface area contributed by atoms with Crippen LogP contribution in [0, 0.1) is 12.3 Å². The van der Waals surface area contributed by atoms with Gasteiger partial charge >= 0.3 is 0 Å². The Hall–Kier alpha value is -2.63. The SMILES string of the molecule is CC.Cc1c(-c2ccc(C(=O)C3(C)CC3)cc2)nnn1C1=C(F)N=CCC1. The molecule has 0 bridgehead atoms. The Bertz CT molecular complexity index is 905. The van der Waals surface area contributed by atoms with Crippen molar-refractivity contribution >= 4 is 17.7 Å². The molecule has 2 aromatic rings. The summed E-state index contributed by atoms with van der Waals surface area (Å²) in [5.41, 5.74) is 3.30. The highest BCUT2D eigenvalue weighted by Gasteiger charge is 2.44. The quantitative estimate of drug-likeness (QED) is 0.549. The molecule has 2 heterocycles. The molecule has 0 saturated heterocycles. The first-order valence-corrected chi connectivity index (χ1v) is 9.49. The van der Waals surface area contributed by atoms with Crippen molar-refractivity contribution in [3.8, 4) is 11.3 Å². The van der Waals surface area contributed by atoms with Crippen LogP contribution in [0.3, 0.4) is 0 Å². The summed E-state index contributed by atoms with van der Waals surface area (Å²) in [5, 5.41) is 8.31. The number of aliphatic imine (C=N–C) groups is 1. The van der Waals surface area contributed by atoms with Gasteiger partial charge in [0.2, 0.25) is 5.95 Å². The maximum atomic E-state index is 13.9. The molecule has 27 heavy (non-hydrogen) atoms. The number of Topliss-reactive ketones (excluding diaryl/α,β-unsaturated/α-hetero) is 1. The first-order chi connectivity index (χ1) is 13.0. The molecule has 1 aromatic heterocycles. The molecule has 1 aromatic carbocycles. The molecule has 5 nitrogen and oxygen atoms in total. The molecule has 0 radical (unpaired) electrons. The number of hydrogen-bond donors (Lipinski definition) is 0. The molecule has 2 aliphatic rings. The number of nitrogens with zero attached hydrogens (tertiary/aromatic N) is 4. The van der Waals surface area contributed by atoms with Crippen molar-refractivity contribution in [2.75, 3.05) is 0 Å². The molecule has 0 amide bonds. The van der Waals surface area contributed by atoms with Gasteiger partial charge in [0.25, 0.3) is 0 Å². The monoisotopic (exact) mass is 368 g/mol. The lowest BCUT2D eigenvalue weighted by molar-refractivity contribution is 0.0912. The molecule has 1 aliphatic carbocycles. The van der Waals surface area contributed by atoms with E-state index in [9.17, 15) is 9.18 Å². The van der Waals surface area contributed by atoms with Crippen LogP contribution in [0.25, 0.3) is 17.0 Å². The van der Waals surface area contributed by atoms with E-state index < -0.39 is 5.95 Å². The van der Waals surface area contributed by atoms with Crippen LogP contribution in [0.15, 0.2) is 35.2 Å². The van der Waals surface area contributed by atoms with E-state index >= 15 is 0 Å². The normalized spacial score (nSPS) is 17.4. The number of carbonyl (C=O) groups excluding carboxylic acids is 1. The highest BCUT2D eigenvalue weighted by Crippen LogP contribution is 2.47. The molecule has 0 spiro atoms. The Kier molecular flexibility index (Phi) is 5.35. The molecule has 6 heteroatoms. The first kappa shape index (κ1) is 19.1. The molecule has 0 N–H and O–H groups in total. The lowest BCUT2D eigenvalue weighted by Gasteiger charge is -2.11. The zero-order chi connectivity index (χ0) is 19.6. The minimum absolute atomic E-state index is 0.175. The number of ketones is 1. The predicted octanol–water partition coefficient (Wildman–Crippen LogP) is 5.22. The molecular weight excluding hydrogens is 343 g/mol. The third-order valence-corrected chi connectivity index (χ3v) is 5.07. The van der Waals surface area contributed by atoms with Crippen LogP contribution in [-0.4, -0.2) is 27.0 Å². The fourth-order valence-electron chi connectivity index (χ4n) is 3.11. The highest BCUT2D eigenvalue weighted by molar-refractivity contribution is 6.02. The maximum absolute atomic E-state index is 13.9. The van der Waals surface area contributed by atoms with Crippen LogP contribution in [-0.2, 0) is 0 Å². The second-order valence-electron chi connectivity index (χ2n) is 6.99. The number of rotatable bonds is 4. The van der Waals surface area contributed by atoms with Gasteiger partial charge in [-0.15, -0.1) is 5.10 Å². The lowest BCUT2D eigenvalue weighted by Crippen LogP contribution is -2.11. The minimum Gasteiger partial charge on any atom is -0.294 e. The van der Waals surface area contributed by atoms with E-state index in [1.807, 2.05) is 52.0 Å². The van der Waals surface area contributed by atoms with Crippen LogP contribution in [0.5, 0.6) is 0 Å². The third kappa shape index (κ3) is 3.61. The van der Waals surface area contributed by atoms with Gasteiger partial charge in [0.1, 0.15) is 5.69 Å². The van der Waals surface area contributed by atoms with Crippen molar-refractivity contribution in [2.45, 2.75) is 53.4 Å². The summed E-state index contributed by atoms with van der Waals surface area (Å²) in [5.74, 6) is -0.309. The van der Waals surface area contributed by atoms with Crippen molar-refractivity contribution in [3.05, 3.63) is 41.5 Å². The number of benzene rings is 1. The van der Waals surface area contributed by atoms with Gasteiger partial charge in [-0.2, -0.15) is 4.39 Å². The van der Waals surface area contributed by atoms with E-state index in [2.05, 4.69) is 15.3 Å². The number of allylic oxidation sites excluding steroid dienone is 1. The van der Waals surface area contributed by atoms with E-state index in [4.69, 9.17) is 0 Å². The van der Waals surface area contributed by atoms with Gasteiger partial charge in [-0.1, -0.05) is 50.3 Å². The van der Waals surface area contributed by atoms with Gasteiger partial charge in [0.15, 0.2) is 5.78 Å². The maximum Gasteiger partial charge on any atom is 0.234 e. The van der Waals surface area contributed by atoms with E-state index in [-0.39, 0.29) is 11.2 Å². The van der Waals surface area contributed by atoms with Gasteiger partial charge < -0.3 is 0 Å². The standard InChI is InChI=1S/C19H19FN4O.C2H6/c1-12-16(22-23-24(12)15-4-3-11-21-18(15)20)13-5-7-14(8-6-13)17(25)19(2)9-10-19;1-2/h5-8,11H,3-4,9-10H2,1-2H3;1-2H3. The van der Waals surface area contributed by atoms with E-state index in [1.54, 1.807) is 6.21 Å². The average Bonchev–Trinajstić information content (AvgIpc) is 3.35. The Morgan fingerprint density at radius 2 is 1.85 bits per heavy atom. The molecule has 142 valence electrons. The topological polar surface area (TPSA) is 60.1 Å². The van der Waals surface area contributed by atoms with Crippen molar-refractivity contribution in [3.63, 3.8) is 0 Å². The molecule has 1 aliphatic heterocycles. The molecular formula is C21H25FN4O. The summed E-state index contributed by atoms with van der Waals surface area (Å²) >= 11 is 0. The van der Waals surface area contributed by atoms with Crippen LogP contribution >= 0.6 is 0 Å². The highest BCUT2D eigenvalue weighted by atomic mass is 19.1. The second kappa shape index (κ2) is 7.55. The Morgan fingerprint density at radius 1 is 1.19 bits per heavy atom. The van der Waals surface area contributed by atoms with Crippen LogP contribution in [0.4, 0.5) is 4.39 Å². The predicted molar refractivity (Wildman–Crippen MR) is 105 cm³/mol. The Balaban J connectivity index is 0.00000102. The fourth-order valence-corrected chi connectivity index (χ4v) is 3.11. The van der Waals surface area contributed by atoms with E-state index in [0.29, 0.717) is 24.2 Å². The first-order valence-electron chi connectivity index (χ1n) is 9.49. The smallest absolute Gasteiger partial charge is 0.234 e. The lowest BCUT2D eigenvalue weighted by atomic mass is 9.95. The summed E-state index contributed by atoms with van der Waals surface area (Å²) in [6.45, 7) is 7.87. The minimum atomic E-state index is -0.510. The zero-order valence-corrected chi connectivity index (χ0v) is 16.3. The van der Waals surface area contributed by atoms with Crippen LogP contribution in [0.1, 0.15) is 62.5 Å². The van der Waals surface area contributed by atoms with Crippen molar-refractivity contribution in [1.82, 2.24) is 15.0 Å². The number of halogens is 1. The van der Waals surface area contributed by atoms with Crippen molar-refractivity contribution in [1.29, 1.82) is 0 Å². The van der Waals surface area contributed by atoms with Gasteiger partial charge in [0, 0.05) is 22.8 Å². The van der Waals surface area contributed by atoms with Crippen molar-refractivity contribution in [2.24, 2.45) is 10.4 Å². The fraction of sp³-hybridized carbons (Fsp3) is 0.429. The van der Waals surface area contributed by atoms with Crippen LogP contribution in [0.2, 0.25) is 0 Å². The van der Waals surface area contributed by atoms with Gasteiger partial charge in [-0.05, 0) is 32.6 Å². The molecule has 0 atom stereocenters. The summed E-state index contributed by atoms with van der Waals surface area (Å²) in [4.78, 5) is 16.1. The van der Waals surface area contributed by atoms with Gasteiger partial charge in [-0.25, -0.2) is 9.67 Å².